The molecule has 1 aliphatic rings. The molecule has 14 atom stereocenters. The van der Waals surface area contributed by atoms with Crippen LogP contribution in [0.2, 0.25) is 0 Å². The first-order chi connectivity index (χ1) is 54.0. The van der Waals surface area contributed by atoms with Gasteiger partial charge in [-0.05, 0) is 55.6 Å². The molecular formula is C68H100F3N23O19S2. The number of nitrogens with one attached hydrogen (secondary N) is 15. The second-order valence-electron chi connectivity index (χ2n) is 27.3. The number of aromatic amines is 3. The minimum Gasteiger partial charge on any atom is -0.481 e. The third-order valence-corrected chi connectivity index (χ3v) is 19.9. The number of aromatic nitrogens is 5. The Kier molecular flexibility index (Phi) is 38.7. The number of rotatable bonds is 25. The number of imidazole rings is 2. The van der Waals surface area contributed by atoms with Crippen LogP contribution in [0.1, 0.15) is 104 Å². The van der Waals surface area contributed by atoms with Crippen molar-refractivity contribution >= 4 is 133 Å². The van der Waals surface area contributed by atoms with Gasteiger partial charge in [-0.3, -0.25) is 76.9 Å². The molecule has 0 aliphatic carbocycles. The van der Waals surface area contributed by atoms with Crippen molar-refractivity contribution in [2.24, 2.45) is 51.4 Å². The Hall–Kier alpha value is -11.6. The van der Waals surface area contributed by atoms with Crippen LogP contribution >= 0.6 is 21.6 Å². The van der Waals surface area contributed by atoms with Crippen LogP contribution in [-0.2, 0) is 96.0 Å². The number of hydrogen-bond acceptors (Lipinski definition) is 23. The summed E-state index contributed by atoms with van der Waals surface area (Å²) >= 11 is 0. The molecule has 4 aromatic rings. The summed E-state index contributed by atoms with van der Waals surface area (Å²) in [6, 6.07) is -12.7. The maximum atomic E-state index is 14.9. The molecule has 0 saturated carbocycles. The second-order valence-corrected chi connectivity index (χ2v) is 29.9. The number of carboxylic acids is 2. The number of nitrogens with two attached hydrogens (primary N) is 5. The van der Waals surface area contributed by atoms with Gasteiger partial charge in [0.05, 0.1) is 37.8 Å². The lowest BCUT2D eigenvalue weighted by Crippen LogP contribution is -2.62. The predicted molar refractivity (Wildman–Crippen MR) is 408 cm³/mol. The number of nitrogens with zero attached hydrogens (tertiary/aromatic N) is 3. The van der Waals surface area contributed by atoms with Gasteiger partial charge in [0.25, 0.3) is 0 Å². The third-order valence-electron chi connectivity index (χ3n) is 17.5. The molecule has 4 heterocycles. The first-order valence-electron chi connectivity index (χ1n) is 35.9. The van der Waals surface area contributed by atoms with E-state index in [4.69, 9.17) is 38.6 Å². The van der Waals surface area contributed by atoms with E-state index in [1.165, 1.54) is 45.1 Å². The lowest BCUT2D eigenvalue weighted by atomic mass is 9.98. The number of aliphatic carboxylic acids is 2. The van der Waals surface area contributed by atoms with E-state index in [0.717, 1.165) is 28.5 Å². The number of fused-ring (bicyclic) bond motifs is 1. The van der Waals surface area contributed by atoms with Crippen molar-refractivity contribution in [3.05, 3.63) is 72.5 Å². The Morgan fingerprint density at radius 2 is 1.12 bits per heavy atom. The molecule has 0 unspecified atom stereocenters. The van der Waals surface area contributed by atoms with Crippen molar-refractivity contribution in [1.82, 2.24) is 88.7 Å². The summed E-state index contributed by atoms with van der Waals surface area (Å²) in [5.41, 5.74) is 30.2. The number of aliphatic hydroxyl groups excluding tert-OH is 1. The second kappa shape index (κ2) is 46.5. The van der Waals surface area contributed by atoms with Gasteiger partial charge in [-0.25, -0.2) is 14.8 Å². The normalized spacial score (nSPS) is 22.5. The number of aliphatic imine (C=N–C) groups is 1. The number of guanidine groups is 1. The highest BCUT2D eigenvalue weighted by molar-refractivity contribution is 8.76. The van der Waals surface area contributed by atoms with Gasteiger partial charge in [-0.2, -0.15) is 13.2 Å². The molecule has 0 bridgehead atoms. The number of halogens is 3. The first-order valence-corrected chi connectivity index (χ1v) is 38.4. The van der Waals surface area contributed by atoms with Crippen molar-refractivity contribution in [3.63, 3.8) is 0 Å². The summed E-state index contributed by atoms with van der Waals surface area (Å²) < 4.78 is 31.7. The Labute approximate surface area is 663 Å². The molecule has 1 aromatic carbocycles. The standard InChI is InChI=1S/C66H99N23O17S2.C2HF3O2/c1-8-32(6)50(68)63(104)86-46-27-108-107-26-45(62(103)89-53(33(7)90)54(69)95)85-56(97)39(14-11-17-74-66(70)71)80-59(100)43(20-36-24-73-29-78-36)83-58(99)42(19-35-23-72-28-77-35)79-48(92)25-76-55(96)41(18-34-22-75-38-13-10-9-12-37(34)38)82-60(101)44(21-49(93)94)84-57(98)40(15-16-47(67)91)81-64(105)51(30(2)3)88-65(106)52(31(4)5)87-61(46)102;3-2(4,5)1(6)7/h9-10,12-13,22-24,28-33,39-46,50-53,75,90H,8,11,14-21,25-27,68H2,1-7H3,(H2,67,91)(H2,69,95)(H,72,77)(H,73,78)(H,76,96)(H,79,92)(H,80,100)(H,81,105)(H,82,101)(H,83,99)(H,84,98)(H,85,97)(H,86,104)(H,87,102)(H,88,106)(H,89,103)(H,93,94)(H4,70,71,74);(H,6,7)/t32-,33+,39-,40-,41-,42-,43-,44-,45-,46-,50-,51-,52-,53+;/m0./s1. The summed E-state index contributed by atoms with van der Waals surface area (Å²) in [7, 11) is 1.71. The quantitative estimate of drug-likeness (QED) is 0.0127. The van der Waals surface area contributed by atoms with Gasteiger partial charge in [-0.1, -0.05) is 87.8 Å². The zero-order valence-electron chi connectivity index (χ0n) is 63.7. The van der Waals surface area contributed by atoms with Gasteiger partial charge in [0, 0.05) is 84.6 Å². The fraction of sp³-hybridized carbons (Fsp3) is 0.544. The van der Waals surface area contributed by atoms with Gasteiger partial charge in [0.15, 0.2) is 5.96 Å². The van der Waals surface area contributed by atoms with Crippen LogP contribution in [0.25, 0.3) is 10.9 Å². The number of hydrogen-bond donors (Lipinski definition) is 23. The SMILES string of the molecule is CC[C@H](C)[C@H](N)C(=O)N[C@H]1CSSC[C@@H](C(=O)N[C@@H](C(N)=O)[C@@H](C)O)NC(=O)[C@H](CCCN=C(N)N)NC(=O)[C@H](Cc2cnc[nH]2)NC(=O)[C@H](Cc2cnc[nH]2)NC(=O)CNC(=O)[C@H](Cc2c[nH]c3ccccc23)NC(=O)[C@H](CC(=O)O)NC(=O)[C@H](CCC(N)=O)NC(=O)[C@H](C(C)C)NC(=O)[C@H](C(C)C)NC1=O.O=C(O)C(F)(F)F. The van der Waals surface area contributed by atoms with Crippen LogP contribution in [0.4, 0.5) is 13.2 Å². The molecule has 3 aromatic heterocycles. The predicted octanol–water partition coefficient (Wildman–Crippen LogP) is -5.54. The van der Waals surface area contributed by atoms with Crippen LogP contribution in [0.3, 0.4) is 0 Å². The Morgan fingerprint density at radius 3 is 1.64 bits per heavy atom. The number of aliphatic hydroxyl groups is 1. The summed E-state index contributed by atoms with van der Waals surface area (Å²) in [4.78, 5) is 241. The zero-order chi connectivity index (χ0) is 86.1. The summed E-state index contributed by atoms with van der Waals surface area (Å²) in [6.07, 6.45) is -3.04. The van der Waals surface area contributed by atoms with E-state index in [1.54, 1.807) is 52.0 Å². The zero-order valence-corrected chi connectivity index (χ0v) is 65.3. The molecule has 0 spiro atoms. The van der Waals surface area contributed by atoms with Crippen molar-refractivity contribution < 1.29 is 105 Å². The average Bonchev–Trinajstić information content (AvgIpc) is 1.71. The fourth-order valence-corrected chi connectivity index (χ4v) is 13.2. The number of H-pyrrole nitrogens is 3. The van der Waals surface area contributed by atoms with Gasteiger partial charge in [0.2, 0.25) is 82.7 Å². The monoisotopic (exact) mass is 1660 g/mol. The van der Waals surface area contributed by atoms with E-state index < -0.39 is 229 Å². The molecule has 0 radical (unpaired) electrons. The molecule has 28 N–H and O–H groups in total. The molecule has 47 heteroatoms. The van der Waals surface area contributed by atoms with Gasteiger partial charge in [-0.15, -0.1) is 0 Å². The highest BCUT2D eigenvalue weighted by Crippen LogP contribution is 2.25. The largest absolute Gasteiger partial charge is 0.490 e. The molecule has 634 valence electrons. The molecular weight excluding hydrogens is 1560 g/mol. The van der Waals surface area contributed by atoms with Gasteiger partial charge in [0.1, 0.15) is 66.5 Å². The van der Waals surface area contributed by atoms with Crippen LogP contribution in [-0.4, -0.2) is 250 Å². The van der Waals surface area contributed by atoms with Crippen LogP contribution in [0, 0.1) is 17.8 Å². The minimum absolute atomic E-state index is 0.0154. The molecule has 1 fully saturated rings. The van der Waals surface area contributed by atoms with E-state index in [9.17, 15) is 95.3 Å². The molecule has 115 heavy (non-hydrogen) atoms. The molecule has 5 rings (SSSR count). The fourth-order valence-electron chi connectivity index (χ4n) is 10.9. The average molecular weight is 1660 g/mol. The number of benzene rings is 1. The van der Waals surface area contributed by atoms with Gasteiger partial charge >= 0.3 is 18.1 Å². The number of para-hydroxylation sites is 1. The maximum Gasteiger partial charge on any atom is 0.490 e. The highest BCUT2D eigenvalue weighted by atomic mass is 33.1. The number of alkyl halides is 3. The van der Waals surface area contributed by atoms with Crippen molar-refractivity contribution in [2.75, 3.05) is 24.6 Å². The number of carbonyl (C=O) groups is 16. The summed E-state index contributed by atoms with van der Waals surface area (Å²) in [5, 5.41) is 58.5. The number of carboxylic acid groups (broad SMARTS) is 2. The first kappa shape index (κ1) is 95.8. The van der Waals surface area contributed by atoms with Crippen LogP contribution < -0.4 is 92.5 Å². The van der Waals surface area contributed by atoms with Crippen molar-refractivity contribution in [1.29, 1.82) is 0 Å². The van der Waals surface area contributed by atoms with E-state index in [1.807, 2.05) is 0 Å². The lowest BCUT2D eigenvalue weighted by Gasteiger charge is -2.30. The molecule has 42 nitrogen and oxygen atoms in total. The number of carbonyl (C=O) groups excluding carboxylic acids is 14. The Morgan fingerprint density at radius 1 is 0.626 bits per heavy atom. The van der Waals surface area contributed by atoms with E-state index in [0.29, 0.717) is 22.9 Å². The lowest BCUT2D eigenvalue weighted by molar-refractivity contribution is -0.192. The maximum absolute atomic E-state index is 14.9. The van der Waals surface area contributed by atoms with E-state index in [-0.39, 0.29) is 61.7 Å². The molecule has 1 aliphatic heterocycles. The number of primary amides is 2. The van der Waals surface area contributed by atoms with Crippen molar-refractivity contribution in [3.8, 4) is 0 Å². The highest BCUT2D eigenvalue weighted by Gasteiger charge is 2.41. The van der Waals surface area contributed by atoms with Crippen LogP contribution in [0.15, 0.2) is 60.5 Å². The molecule has 1 saturated heterocycles. The molecule has 14 amide bonds. The topological polar surface area (TPSA) is 694 Å². The Bertz CT molecular complexity index is 4050. The minimum atomic E-state index is -5.08. The summed E-state index contributed by atoms with van der Waals surface area (Å²) in [5.74, 6) is -22.2. The van der Waals surface area contributed by atoms with Crippen molar-refractivity contribution in [2.45, 2.75) is 191 Å². The van der Waals surface area contributed by atoms with E-state index >= 15 is 0 Å². The summed E-state index contributed by atoms with van der Waals surface area (Å²) in [6.45, 7) is 9.74. The van der Waals surface area contributed by atoms with Gasteiger partial charge < -0.3 is 123 Å². The number of amides is 14. The van der Waals surface area contributed by atoms with Crippen LogP contribution in [0.5, 0.6) is 0 Å². The van der Waals surface area contributed by atoms with E-state index in [2.05, 4.69) is 93.7 Å². The third kappa shape index (κ3) is 32.4. The Balaban J connectivity index is 0.00000379. The smallest absolute Gasteiger partial charge is 0.481 e.